The quantitative estimate of drug-likeness (QED) is 0.432. The number of primary sulfonamides is 1. The molecule has 6 rings (SSSR count). The van der Waals surface area contributed by atoms with E-state index in [1.165, 1.54) is 66.0 Å². The molecule has 3 aliphatic rings. The van der Waals surface area contributed by atoms with Crippen molar-refractivity contribution in [2.24, 2.45) is 22.9 Å². The lowest BCUT2D eigenvalue weighted by Crippen LogP contribution is -2.35. The van der Waals surface area contributed by atoms with Crippen molar-refractivity contribution in [3.63, 3.8) is 0 Å². The highest BCUT2D eigenvalue weighted by molar-refractivity contribution is 8.00. The first-order valence-electron chi connectivity index (χ1n) is 13.3. The van der Waals surface area contributed by atoms with Crippen molar-refractivity contribution in [3.05, 3.63) is 74.2 Å². The van der Waals surface area contributed by atoms with E-state index in [2.05, 4.69) is 50.4 Å². The van der Waals surface area contributed by atoms with Crippen molar-refractivity contribution in [2.45, 2.75) is 73.1 Å². The minimum Gasteiger partial charge on any atom is -0.325 e. The number of nitrogens with two attached hydrogens (primary N) is 1. The van der Waals surface area contributed by atoms with Crippen LogP contribution in [0.4, 0.5) is 5.69 Å². The second kappa shape index (κ2) is 9.61. The van der Waals surface area contributed by atoms with Gasteiger partial charge in [-0.1, -0.05) is 56.4 Å². The number of carbonyl (C=O) groups excluding carboxylic acids is 1. The van der Waals surface area contributed by atoms with Gasteiger partial charge in [-0.25, -0.2) is 13.6 Å². The van der Waals surface area contributed by atoms with Crippen LogP contribution in [0.25, 0.3) is 0 Å². The predicted octanol–water partition coefficient (Wildman–Crippen LogP) is 5.15. The maximum atomic E-state index is 13.3. The molecule has 10 heteroatoms. The van der Waals surface area contributed by atoms with Gasteiger partial charge in [-0.2, -0.15) is 0 Å². The Labute approximate surface area is 237 Å². The smallest absolute Gasteiger partial charge is 0.308 e. The highest BCUT2D eigenvalue weighted by Crippen LogP contribution is 2.64. The third-order valence-electron chi connectivity index (χ3n) is 8.59. The Morgan fingerprint density at radius 1 is 1.05 bits per heavy atom. The molecular formula is C29H33N3O4S3. The number of fused-ring (bicyclic) bond motifs is 6. The van der Waals surface area contributed by atoms with Crippen molar-refractivity contribution in [2.75, 3.05) is 5.32 Å². The van der Waals surface area contributed by atoms with E-state index in [1.54, 1.807) is 4.57 Å². The monoisotopic (exact) mass is 583 g/mol. The summed E-state index contributed by atoms with van der Waals surface area (Å²) < 4.78 is 24.7. The van der Waals surface area contributed by atoms with Gasteiger partial charge in [0.05, 0.1) is 9.92 Å². The fourth-order valence-corrected chi connectivity index (χ4v) is 10.4. The van der Waals surface area contributed by atoms with Crippen LogP contribution in [0.15, 0.2) is 63.2 Å². The molecule has 2 aliphatic carbocycles. The lowest BCUT2D eigenvalue weighted by Gasteiger charge is -2.40. The number of thioether (sulfide) groups is 1. The standard InChI is InChI=1S/C29H33N3O4S3/c1-29(2,3)19-8-6-16(7-9-19)23-24-17-4-5-18(14-17)25(24)37-27-26(23)38-28(34)32(27)15-22(33)31-20-10-12-21(13-11-20)39(30,35)36/h6-13,17-18,23-25H,4-5,14-15H2,1-3H3,(H,31,33)(H2,30,35,36). The predicted molar refractivity (Wildman–Crippen MR) is 156 cm³/mol. The summed E-state index contributed by atoms with van der Waals surface area (Å²) in [7, 11) is -3.81. The molecule has 3 N–H and O–H groups in total. The van der Waals surface area contributed by atoms with Gasteiger partial charge in [-0.3, -0.25) is 14.2 Å². The van der Waals surface area contributed by atoms with Gasteiger partial charge >= 0.3 is 4.87 Å². The number of anilines is 1. The summed E-state index contributed by atoms with van der Waals surface area (Å²) in [5.41, 5.74) is 3.07. The number of thiazole rings is 1. The highest BCUT2D eigenvalue weighted by Gasteiger charge is 2.55. The average Bonchev–Trinajstić information content (AvgIpc) is 3.56. The van der Waals surface area contributed by atoms with Crippen LogP contribution in [0.5, 0.6) is 0 Å². The molecule has 206 valence electrons. The van der Waals surface area contributed by atoms with Gasteiger partial charge in [0.15, 0.2) is 0 Å². The molecular weight excluding hydrogens is 551 g/mol. The van der Waals surface area contributed by atoms with E-state index in [0.717, 1.165) is 9.90 Å². The Kier molecular flexibility index (Phi) is 6.60. The number of amides is 1. The zero-order chi connectivity index (χ0) is 27.7. The molecule has 0 saturated heterocycles. The maximum Gasteiger partial charge on any atom is 0.308 e. The second-order valence-corrected chi connectivity index (χ2v) is 15.8. The van der Waals surface area contributed by atoms with Crippen LogP contribution < -0.4 is 15.3 Å². The first-order valence-corrected chi connectivity index (χ1v) is 16.6. The minimum absolute atomic E-state index is 0.0259. The van der Waals surface area contributed by atoms with E-state index >= 15 is 0 Å². The Morgan fingerprint density at radius 3 is 2.36 bits per heavy atom. The summed E-state index contributed by atoms with van der Waals surface area (Å²) >= 11 is 3.09. The molecule has 0 radical (unpaired) electrons. The molecule has 5 unspecified atom stereocenters. The zero-order valence-corrected chi connectivity index (χ0v) is 24.7. The molecule has 2 bridgehead atoms. The molecule has 3 aromatic rings. The number of sulfonamides is 1. The Balaban J connectivity index is 1.31. The number of hydrogen-bond acceptors (Lipinski definition) is 6. The second-order valence-electron chi connectivity index (χ2n) is 12.1. The third kappa shape index (κ3) is 4.90. The molecule has 2 aromatic carbocycles. The molecule has 1 aromatic heterocycles. The van der Waals surface area contributed by atoms with Crippen LogP contribution >= 0.6 is 23.1 Å². The van der Waals surface area contributed by atoms with E-state index < -0.39 is 10.0 Å². The van der Waals surface area contributed by atoms with Gasteiger partial charge in [-0.15, -0.1) is 11.8 Å². The molecule has 1 amide bonds. The van der Waals surface area contributed by atoms with E-state index in [0.29, 0.717) is 28.7 Å². The van der Waals surface area contributed by atoms with E-state index in [9.17, 15) is 18.0 Å². The fourth-order valence-electron chi connectivity index (χ4n) is 6.72. The zero-order valence-electron chi connectivity index (χ0n) is 22.2. The fraction of sp³-hybridized carbons (Fsp3) is 0.448. The van der Waals surface area contributed by atoms with Gasteiger partial charge in [0.25, 0.3) is 0 Å². The van der Waals surface area contributed by atoms with Gasteiger partial charge in [0.1, 0.15) is 6.54 Å². The number of nitrogens with zero attached hydrogens (tertiary/aromatic N) is 1. The van der Waals surface area contributed by atoms with Crippen LogP contribution in [0.1, 0.15) is 62.0 Å². The summed E-state index contributed by atoms with van der Waals surface area (Å²) in [6, 6.07) is 14.7. The van der Waals surface area contributed by atoms with E-state index in [-0.39, 0.29) is 33.6 Å². The van der Waals surface area contributed by atoms with Crippen LogP contribution in [0.2, 0.25) is 0 Å². The molecule has 7 nitrogen and oxygen atoms in total. The minimum atomic E-state index is -3.81. The van der Waals surface area contributed by atoms with Crippen molar-refractivity contribution in [1.82, 2.24) is 4.57 Å². The number of nitrogens with one attached hydrogen (secondary N) is 1. The highest BCUT2D eigenvalue weighted by atomic mass is 32.2. The lowest BCUT2D eigenvalue weighted by molar-refractivity contribution is -0.116. The molecule has 2 heterocycles. The first-order chi connectivity index (χ1) is 18.4. The number of benzene rings is 2. The average molecular weight is 584 g/mol. The van der Waals surface area contributed by atoms with Gasteiger partial charge in [-0.05, 0) is 77.8 Å². The molecule has 5 atom stereocenters. The summed E-state index contributed by atoms with van der Waals surface area (Å²) in [6.45, 7) is 6.56. The van der Waals surface area contributed by atoms with Crippen LogP contribution in [-0.2, 0) is 26.8 Å². The van der Waals surface area contributed by atoms with Crippen LogP contribution in [0, 0.1) is 17.8 Å². The summed E-state index contributed by atoms with van der Waals surface area (Å²) in [6.07, 6.45) is 3.76. The number of hydrogen-bond donors (Lipinski definition) is 2. The SMILES string of the molecule is CC(C)(C)c1ccc(C2c3sc(=O)n(CC(=O)Nc4ccc(S(N)(=O)=O)cc4)c3SC3C4CCC(C4)C23)cc1. The molecule has 2 fully saturated rings. The number of rotatable bonds is 5. The van der Waals surface area contributed by atoms with E-state index in [1.807, 2.05) is 11.8 Å². The van der Waals surface area contributed by atoms with Crippen molar-refractivity contribution in [1.29, 1.82) is 0 Å². The molecule has 2 saturated carbocycles. The van der Waals surface area contributed by atoms with Gasteiger partial charge < -0.3 is 5.32 Å². The molecule has 39 heavy (non-hydrogen) atoms. The number of aromatic nitrogens is 1. The summed E-state index contributed by atoms with van der Waals surface area (Å²) in [5, 5.41) is 9.34. The summed E-state index contributed by atoms with van der Waals surface area (Å²) in [4.78, 5) is 27.3. The normalized spacial score (nSPS) is 25.8. The first kappa shape index (κ1) is 26.8. The lowest BCUT2D eigenvalue weighted by atomic mass is 9.74. The van der Waals surface area contributed by atoms with Gasteiger partial charge in [0, 0.05) is 21.7 Å². The third-order valence-corrected chi connectivity index (χ3v) is 12.4. The number of carbonyl (C=O) groups is 1. The van der Waals surface area contributed by atoms with Crippen molar-refractivity contribution in [3.8, 4) is 0 Å². The summed E-state index contributed by atoms with van der Waals surface area (Å²) in [5.74, 6) is 1.69. The van der Waals surface area contributed by atoms with E-state index in [4.69, 9.17) is 5.14 Å². The molecule has 1 aliphatic heterocycles. The Morgan fingerprint density at radius 2 is 1.72 bits per heavy atom. The largest absolute Gasteiger partial charge is 0.325 e. The molecule has 0 spiro atoms. The Bertz CT molecular complexity index is 1580. The van der Waals surface area contributed by atoms with Crippen LogP contribution in [0.3, 0.4) is 0 Å². The van der Waals surface area contributed by atoms with Crippen LogP contribution in [-0.4, -0.2) is 24.1 Å². The maximum absolute atomic E-state index is 13.3. The van der Waals surface area contributed by atoms with Crippen molar-refractivity contribution < 1.29 is 13.2 Å². The topological polar surface area (TPSA) is 111 Å². The Hall–Kier alpha value is -2.40. The van der Waals surface area contributed by atoms with Gasteiger partial charge in [0.2, 0.25) is 15.9 Å². The van der Waals surface area contributed by atoms with Crippen molar-refractivity contribution >= 4 is 44.7 Å².